The molecule has 1 amide bonds. The summed E-state index contributed by atoms with van der Waals surface area (Å²) in [6, 6.07) is 13.3. The Morgan fingerprint density at radius 2 is 1.81 bits per heavy atom. The maximum atomic E-state index is 13.0. The van der Waals surface area contributed by atoms with Gasteiger partial charge in [0.25, 0.3) is 0 Å². The van der Waals surface area contributed by atoms with Crippen LogP contribution < -0.4 is 10.1 Å². The molecule has 0 saturated heterocycles. The van der Waals surface area contributed by atoms with Gasteiger partial charge in [0.2, 0.25) is 11.8 Å². The zero-order valence-electron chi connectivity index (χ0n) is 24.4. The Balaban J connectivity index is 1.71. The molecule has 0 spiro atoms. The normalized spacial score (nSPS) is 12.0. The summed E-state index contributed by atoms with van der Waals surface area (Å²) in [5.41, 5.74) is 4.70. The molecule has 11 nitrogen and oxygen atoms in total. The smallest absolute Gasteiger partial charge is 0.476 e. The molecule has 3 heterocycles. The highest BCUT2D eigenvalue weighted by Gasteiger charge is 2.26. The van der Waals surface area contributed by atoms with Crippen LogP contribution in [0.25, 0.3) is 33.3 Å². The molecule has 0 unspecified atom stereocenters. The first kappa shape index (κ1) is 31.1. The molecule has 0 saturated carbocycles. The number of phosphoric ester groups is 1. The number of carbonyl (C=O) groups excluding carboxylic acids is 1. The van der Waals surface area contributed by atoms with Crippen molar-refractivity contribution in [3.8, 4) is 28.1 Å². The van der Waals surface area contributed by atoms with Crippen molar-refractivity contribution in [2.24, 2.45) is 0 Å². The number of likely N-dealkylation sites (N-methyl/N-ethyl adjacent to an activating group) is 1. The van der Waals surface area contributed by atoms with Crippen LogP contribution in [0.2, 0.25) is 0 Å². The molecule has 42 heavy (non-hydrogen) atoms. The second-order valence-corrected chi connectivity index (χ2v) is 11.1. The highest BCUT2D eigenvalue weighted by molar-refractivity contribution is 7.48. The van der Waals surface area contributed by atoms with Gasteiger partial charge in [-0.3, -0.25) is 18.4 Å². The van der Waals surface area contributed by atoms with E-state index in [0.29, 0.717) is 23.8 Å². The van der Waals surface area contributed by atoms with Crippen molar-refractivity contribution >= 4 is 30.5 Å². The highest BCUT2D eigenvalue weighted by atomic mass is 31.2. The number of carbonyl (C=O) groups is 1. The first-order chi connectivity index (χ1) is 20.2. The molecule has 4 rings (SSSR count). The van der Waals surface area contributed by atoms with E-state index < -0.39 is 7.82 Å². The minimum atomic E-state index is -3.75. The van der Waals surface area contributed by atoms with Gasteiger partial charge in [-0.1, -0.05) is 18.2 Å². The molecule has 4 aromatic rings. The lowest BCUT2D eigenvalue weighted by atomic mass is 10.0. The molecule has 0 aliphatic heterocycles. The van der Waals surface area contributed by atoms with Gasteiger partial charge < -0.3 is 19.5 Å². The zero-order valence-corrected chi connectivity index (χ0v) is 25.3. The predicted octanol–water partition coefficient (Wildman–Crippen LogP) is 5.99. The number of phosphoric acid groups is 1. The van der Waals surface area contributed by atoms with E-state index >= 15 is 0 Å². The third kappa shape index (κ3) is 7.90. The van der Waals surface area contributed by atoms with Crippen LogP contribution in [-0.4, -0.2) is 66.3 Å². The number of rotatable bonds is 14. The fourth-order valence-electron chi connectivity index (χ4n) is 4.24. The van der Waals surface area contributed by atoms with Crippen molar-refractivity contribution in [1.29, 1.82) is 0 Å². The molecule has 3 aromatic heterocycles. The summed E-state index contributed by atoms with van der Waals surface area (Å²) in [7, 11) is 1.69. The van der Waals surface area contributed by atoms with Gasteiger partial charge >= 0.3 is 7.82 Å². The minimum absolute atomic E-state index is 0.106. The molecule has 1 N–H and O–H groups in total. The Hall–Kier alpha value is -3.86. The molecule has 1 aromatic carbocycles. The molecule has 0 atom stereocenters. The van der Waals surface area contributed by atoms with Crippen molar-refractivity contribution in [1.82, 2.24) is 19.4 Å². The number of benzene rings is 1. The van der Waals surface area contributed by atoms with Gasteiger partial charge in [0.1, 0.15) is 12.4 Å². The number of pyridine rings is 2. The van der Waals surface area contributed by atoms with Crippen molar-refractivity contribution in [2.75, 3.05) is 46.3 Å². The molecule has 0 aliphatic carbocycles. The average molecular weight is 594 g/mol. The summed E-state index contributed by atoms with van der Waals surface area (Å²) in [5.74, 6) is 0.263. The minimum Gasteiger partial charge on any atom is -0.481 e. The average Bonchev–Trinajstić information content (AvgIpc) is 3.34. The summed E-state index contributed by atoms with van der Waals surface area (Å²) < 4.78 is 36.3. The number of amides is 1. The summed E-state index contributed by atoms with van der Waals surface area (Å²) in [6.45, 7) is 4.37. The Morgan fingerprint density at radius 3 is 2.52 bits per heavy atom. The lowest BCUT2D eigenvalue weighted by Crippen LogP contribution is -2.12. The van der Waals surface area contributed by atoms with E-state index in [1.807, 2.05) is 73.7 Å². The van der Waals surface area contributed by atoms with Crippen LogP contribution in [0.3, 0.4) is 0 Å². The van der Waals surface area contributed by atoms with Crippen LogP contribution in [0.1, 0.15) is 13.8 Å². The molecule has 12 heteroatoms. The largest absolute Gasteiger partial charge is 0.481 e. The van der Waals surface area contributed by atoms with E-state index in [1.54, 1.807) is 37.9 Å². The van der Waals surface area contributed by atoms with Gasteiger partial charge in [0.15, 0.2) is 0 Å². The molecule has 0 bridgehead atoms. The SMILES string of the molecule is CCOP(=O)(OCC)OCn1cc(-c2ccnc(OC)c2)c2cc(-c3cccc(NC(=O)/C=C/CN(C)C)c3)cnc21. The van der Waals surface area contributed by atoms with Gasteiger partial charge in [-0.15, -0.1) is 0 Å². The monoisotopic (exact) mass is 593 g/mol. The van der Waals surface area contributed by atoms with E-state index in [4.69, 9.17) is 23.3 Å². The Kier molecular flexibility index (Phi) is 10.6. The molecule has 0 fully saturated rings. The van der Waals surface area contributed by atoms with Crippen molar-refractivity contribution in [3.63, 3.8) is 0 Å². The quantitative estimate of drug-likeness (QED) is 0.139. The maximum absolute atomic E-state index is 13.0. The number of ether oxygens (including phenoxy) is 1. The van der Waals surface area contributed by atoms with E-state index in [1.165, 1.54) is 6.08 Å². The first-order valence-corrected chi connectivity index (χ1v) is 15.0. The standard InChI is InChI=1S/C30H36N5O6P/c1-6-39-42(37,40-7-2)41-21-35-20-27(23-13-14-31-29(18-23)38-5)26-17-24(19-32-30(26)35)22-10-8-11-25(16-22)33-28(36)12-9-15-34(3)4/h8-14,16-20H,6-7,15,21H2,1-5H3,(H,33,36)/b12-9+. The summed E-state index contributed by atoms with van der Waals surface area (Å²) in [5, 5.41) is 3.74. The number of aromatic nitrogens is 3. The van der Waals surface area contributed by atoms with E-state index in [0.717, 1.165) is 27.6 Å². The Morgan fingerprint density at radius 1 is 1.02 bits per heavy atom. The number of methoxy groups -OCH3 is 1. The zero-order chi connectivity index (χ0) is 30.1. The third-order valence-corrected chi connectivity index (χ3v) is 7.68. The van der Waals surface area contributed by atoms with Crippen LogP contribution >= 0.6 is 7.82 Å². The van der Waals surface area contributed by atoms with Crippen molar-refractivity contribution in [3.05, 3.63) is 73.2 Å². The maximum Gasteiger partial charge on any atom is 0.476 e. The van der Waals surface area contributed by atoms with Crippen LogP contribution in [0.15, 0.2) is 73.2 Å². The number of hydrogen-bond donors (Lipinski definition) is 1. The lowest BCUT2D eigenvalue weighted by Gasteiger charge is -2.16. The third-order valence-electron chi connectivity index (χ3n) is 6.10. The summed E-state index contributed by atoms with van der Waals surface area (Å²) in [6.07, 6.45) is 8.62. The van der Waals surface area contributed by atoms with E-state index in [2.05, 4.69) is 10.3 Å². The van der Waals surface area contributed by atoms with Gasteiger partial charge in [0.05, 0.1) is 20.3 Å². The van der Waals surface area contributed by atoms with E-state index in [9.17, 15) is 9.36 Å². The molecule has 0 aliphatic rings. The van der Waals surface area contributed by atoms with Gasteiger partial charge in [-0.05, 0) is 63.3 Å². The van der Waals surface area contributed by atoms with Gasteiger partial charge in [0, 0.05) is 59.5 Å². The number of hydrogen-bond acceptors (Lipinski definition) is 9. The lowest BCUT2D eigenvalue weighted by molar-refractivity contribution is -0.111. The number of nitrogens with zero attached hydrogens (tertiary/aromatic N) is 4. The van der Waals surface area contributed by atoms with Gasteiger partial charge in [-0.25, -0.2) is 14.5 Å². The number of nitrogens with one attached hydrogen (secondary N) is 1. The fraction of sp³-hybridized carbons (Fsp3) is 0.300. The highest BCUT2D eigenvalue weighted by Crippen LogP contribution is 2.49. The number of anilines is 1. The van der Waals surface area contributed by atoms with Crippen LogP contribution in [0.4, 0.5) is 5.69 Å². The first-order valence-electron chi connectivity index (χ1n) is 13.5. The summed E-state index contributed by atoms with van der Waals surface area (Å²) >= 11 is 0. The van der Waals surface area contributed by atoms with Crippen LogP contribution in [0.5, 0.6) is 5.88 Å². The van der Waals surface area contributed by atoms with Gasteiger partial charge in [-0.2, -0.15) is 0 Å². The molecular formula is C30H36N5O6P. The number of fused-ring (bicyclic) bond motifs is 1. The van der Waals surface area contributed by atoms with Crippen molar-refractivity contribution in [2.45, 2.75) is 20.6 Å². The molecule has 222 valence electrons. The molecular weight excluding hydrogens is 557 g/mol. The topological polar surface area (TPSA) is 117 Å². The molecule has 0 radical (unpaired) electrons. The Labute approximate surface area is 245 Å². The van der Waals surface area contributed by atoms with Crippen LogP contribution in [-0.2, 0) is 29.7 Å². The predicted molar refractivity (Wildman–Crippen MR) is 163 cm³/mol. The fourth-order valence-corrected chi connectivity index (χ4v) is 5.36. The second-order valence-electron chi connectivity index (χ2n) is 9.47. The van der Waals surface area contributed by atoms with Crippen LogP contribution in [0, 0.1) is 0 Å². The second kappa shape index (κ2) is 14.4. The summed E-state index contributed by atoms with van der Waals surface area (Å²) in [4.78, 5) is 23.3. The van der Waals surface area contributed by atoms with Crippen molar-refractivity contribution < 1.29 is 27.7 Å². The Bertz CT molecular complexity index is 1590. The van der Waals surface area contributed by atoms with E-state index in [-0.39, 0.29) is 25.9 Å².